The SMILES string of the molecule is CCCC(=NC(C)(C)C)c1ccc2c(ccn2C)c1OCc1ccccc1. The number of rotatable bonds is 6. The normalized spacial score (nSPS) is 12.6. The smallest absolute Gasteiger partial charge is 0.138 e. The van der Waals surface area contributed by atoms with E-state index in [2.05, 4.69) is 75.8 Å². The zero-order valence-electron chi connectivity index (χ0n) is 17.1. The van der Waals surface area contributed by atoms with Gasteiger partial charge in [-0.15, -0.1) is 0 Å². The van der Waals surface area contributed by atoms with Gasteiger partial charge in [0.15, 0.2) is 0 Å². The number of hydrogen-bond donors (Lipinski definition) is 0. The van der Waals surface area contributed by atoms with Crippen molar-refractivity contribution in [3.63, 3.8) is 0 Å². The molecular formula is C24H30N2O. The molecule has 0 radical (unpaired) electrons. The lowest BCUT2D eigenvalue weighted by Crippen LogP contribution is -2.16. The second kappa shape index (κ2) is 7.99. The Morgan fingerprint density at radius 3 is 2.44 bits per heavy atom. The highest BCUT2D eigenvalue weighted by Gasteiger charge is 2.18. The lowest BCUT2D eigenvalue weighted by Gasteiger charge is -2.19. The van der Waals surface area contributed by atoms with E-state index in [-0.39, 0.29) is 5.54 Å². The maximum absolute atomic E-state index is 6.40. The number of aromatic nitrogens is 1. The molecule has 3 nitrogen and oxygen atoms in total. The van der Waals surface area contributed by atoms with Crippen molar-refractivity contribution in [1.82, 2.24) is 4.57 Å². The van der Waals surface area contributed by atoms with Crippen molar-refractivity contribution in [2.75, 3.05) is 0 Å². The fraction of sp³-hybridized carbons (Fsp3) is 0.375. The molecule has 0 aliphatic heterocycles. The van der Waals surface area contributed by atoms with Crippen molar-refractivity contribution >= 4 is 16.6 Å². The van der Waals surface area contributed by atoms with Crippen molar-refractivity contribution < 1.29 is 4.74 Å². The lowest BCUT2D eigenvalue weighted by atomic mass is 10.0. The number of aryl methyl sites for hydroxylation is 1. The van der Waals surface area contributed by atoms with Gasteiger partial charge < -0.3 is 9.30 Å². The number of fused-ring (bicyclic) bond motifs is 1. The molecule has 0 bridgehead atoms. The highest BCUT2D eigenvalue weighted by molar-refractivity contribution is 6.07. The summed E-state index contributed by atoms with van der Waals surface area (Å²) in [5.41, 5.74) is 4.46. The Labute approximate surface area is 162 Å². The summed E-state index contributed by atoms with van der Waals surface area (Å²) in [5, 5.41) is 1.14. The Bertz CT molecular complexity index is 930. The molecule has 1 aromatic heterocycles. The van der Waals surface area contributed by atoms with E-state index in [1.807, 2.05) is 18.2 Å². The van der Waals surface area contributed by atoms with Gasteiger partial charge in [-0.05, 0) is 51.0 Å². The molecule has 3 rings (SSSR count). The van der Waals surface area contributed by atoms with E-state index in [0.717, 1.165) is 35.3 Å². The third-order valence-corrected chi connectivity index (χ3v) is 4.51. The topological polar surface area (TPSA) is 26.5 Å². The zero-order chi connectivity index (χ0) is 19.4. The lowest BCUT2D eigenvalue weighted by molar-refractivity contribution is 0.309. The first-order valence-corrected chi connectivity index (χ1v) is 9.73. The molecule has 0 saturated carbocycles. The summed E-state index contributed by atoms with van der Waals surface area (Å²) in [5.74, 6) is 0.938. The Morgan fingerprint density at radius 1 is 1.04 bits per heavy atom. The molecule has 3 heteroatoms. The highest BCUT2D eigenvalue weighted by Crippen LogP contribution is 2.33. The Kier molecular flexibility index (Phi) is 5.69. The van der Waals surface area contributed by atoms with E-state index in [9.17, 15) is 0 Å². The van der Waals surface area contributed by atoms with Gasteiger partial charge in [0.1, 0.15) is 12.4 Å². The van der Waals surface area contributed by atoms with Crippen LogP contribution in [0.1, 0.15) is 51.7 Å². The molecule has 27 heavy (non-hydrogen) atoms. The molecule has 0 atom stereocenters. The molecule has 2 aromatic carbocycles. The summed E-state index contributed by atoms with van der Waals surface area (Å²) >= 11 is 0. The van der Waals surface area contributed by atoms with Gasteiger partial charge in [0, 0.05) is 29.9 Å². The van der Waals surface area contributed by atoms with E-state index in [1.54, 1.807) is 0 Å². The summed E-state index contributed by atoms with van der Waals surface area (Å²) in [6, 6.07) is 16.8. The molecule has 0 unspecified atom stereocenters. The Balaban J connectivity index is 2.09. The summed E-state index contributed by atoms with van der Waals surface area (Å²) in [6.07, 6.45) is 4.08. The molecule has 0 N–H and O–H groups in total. The summed E-state index contributed by atoms with van der Waals surface area (Å²) in [4.78, 5) is 5.03. The maximum Gasteiger partial charge on any atom is 0.138 e. The van der Waals surface area contributed by atoms with Crippen LogP contribution >= 0.6 is 0 Å². The molecular weight excluding hydrogens is 332 g/mol. The monoisotopic (exact) mass is 362 g/mol. The number of nitrogens with zero attached hydrogens (tertiary/aromatic N) is 2. The quantitative estimate of drug-likeness (QED) is 0.483. The van der Waals surface area contributed by atoms with Crippen molar-refractivity contribution in [3.8, 4) is 5.75 Å². The van der Waals surface area contributed by atoms with Crippen LogP contribution in [0.5, 0.6) is 5.75 Å². The van der Waals surface area contributed by atoms with Gasteiger partial charge in [-0.2, -0.15) is 0 Å². The minimum absolute atomic E-state index is 0.118. The van der Waals surface area contributed by atoms with Crippen molar-refractivity contribution in [2.45, 2.75) is 52.7 Å². The molecule has 0 saturated heterocycles. The Hall–Kier alpha value is -2.55. The first-order valence-electron chi connectivity index (χ1n) is 9.73. The van der Waals surface area contributed by atoms with Gasteiger partial charge in [0.2, 0.25) is 0 Å². The summed E-state index contributed by atoms with van der Waals surface area (Å²) in [6.45, 7) is 9.19. The van der Waals surface area contributed by atoms with Gasteiger partial charge in [0.05, 0.1) is 11.1 Å². The van der Waals surface area contributed by atoms with Crippen LogP contribution in [0.4, 0.5) is 0 Å². The van der Waals surface area contributed by atoms with E-state index in [1.165, 1.54) is 11.1 Å². The number of aliphatic imine (C=N–C) groups is 1. The van der Waals surface area contributed by atoms with Crippen LogP contribution in [0, 0.1) is 0 Å². The van der Waals surface area contributed by atoms with Gasteiger partial charge >= 0.3 is 0 Å². The third kappa shape index (κ3) is 4.60. The van der Waals surface area contributed by atoms with E-state index in [0.29, 0.717) is 6.61 Å². The summed E-state index contributed by atoms with van der Waals surface area (Å²) < 4.78 is 8.53. The molecule has 0 aliphatic carbocycles. The van der Waals surface area contributed by atoms with Gasteiger partial charge in [-0.1, -0.05) is 43.7 Å². The van der Waals surface area contributed by atoms with E-state index < -0.39 is 0 Å². The van der Waals surface area contributed by atoms with Gasteiger partial charge in [-0.25, -0.2) is 0 Å². The zero-order valence-corrected chi connectivity index (χ0v) is 17.1. The average Bonchev–Trinajstić information content (AvgIpc) is 3.00. The number of benzene rings is 2. The van der Waals surface area contributed by atoms with Crippen LogP contribution in [-0.2, 0) is 13.7 Å². The van der Waals surface area contributed by atoms with Crippen LogP contribution in [-0.4, -0.2) is 15.8 Å². The first-order chi connectivity index (χ1) is 12.9. The molecule has 1 heterocycles. The third-order valence-electron chi connectivity index (χ3n) is 4.51. The molecule has 0 fully saturated rings. The average molecular weight is 363 g/mol. The fourth-order valence-electron chi connectivity index (χ4n) is 3.33. The standard InChI is InChI=1S/C24H30N2O/c1-6-10-21(25-24(2,3)4)19-13-14-22-20(15-16-26(22)5)23(19)27-17-18-11-8-7-9-12-18/h7-9,11-16H,6,10,17H2,1-5H3. The first kappa shape index (κ1) is 19.2. The largest absolute Gasteiger partial charge is 0.487 e. The van der Waals surface area contributed by atoms with Gasteiger partial charge in [-0.3, -0.25) is 4.99 Å². The van der Waals surface area contributed by atoms with Crippen LogP contribution < -0.4 is 4.74 Å². The molecule has 142 valence electrons. The van der Waals surface area contributed by atoms with E-state index in [4.69, 9.17) is 9.73 Å². The Morgan fingerprint density at radius 2 is 1.78 bits per heavy atom. The summed E-state index contributed by atoms with van der Waals surface area (Å²) in [7, 11) is 2.07. The van der Waals surface area contributed by atoms with Crippen LogP contribution in [0.3, 0.4) is 0 Å². The minimum atomic E-state index is -0.118. The van der Waals surface area contributed by atoms with Crippen molar-refractivity contribution in [2.24, 2.45) is 12.0 Å². The molecule has 0 amide bonds. The molecule has 0 spiro atoms. The number of ether oxygens (including phenoxy) is 1. The van der Waals surface area contributed by atoms with Crippen LogP contribution in [0.15, 0.2) is 59.7 Å². The predicted molar refractivity (Wildman–Crippen MR) is 115 cm³/mol. The van der Waals surface area contributed by atoms with Crippen LogP contribution in [0.25, 0.3) is 10.9 Å². The molecule has 3 aromatic rings. The van der Waals surface area contributed by atoms with Crippen molar-refractivity contribution in [3.05, 3.63) is 65.9 Å². The van der Waals surface area contributed by atoms with Crippen molar-refractivity contribution in [1.29, 1.82) is 0 Å². The van der Waals surface area contributed by atoms with E-state index >= 15 is 0 Å². The fourth-order valence-corrected chi connectivity index (χ4v) is 3.33. The minimum Gasteiger partial charge on any atom is -0.487 e. The van der Waals surface area contributed by atoms with Gasteiger partial charge in [0.25, 0.3) is 0 Å². The maximum atomic E-state index is 6.40. The van der Waals surface area contributed by atoms with Crippen LogP contribution in [0.2, 0.25) is 0 Å². The molecule has 0 aliphatic rings. The highest BCUT2D eigenvalue weighted by atomic mass is 16.5. The second-order valence-electron chi connectivity index (χ2n) is 8.06. The predicted octanol–water partition coefficient (Wildman–Crippen LogP) is 6.15. The number of hydrogen-bond acceptors (Lipinski definition) is 2. The second-order valence-corrected chi connectivity index (χ2v) is 8.06.